The van der Waals surface area contributed by atoms with Crippen LogP contribution in [0.2, 0.25) is 0 Å². The first-order valence-electron chi connectivity index (χ1n) is 24.3. The maximum Gasteiger partial charge on any atom is 0.193 e. The van der Waals surface area contributed by atoms with E-state index in [1.54, 1.807) is 0 Å². The summed E-state index contributed by atoms with van der Waals surface area (Å²) in [4.78, 5) is 18.9. The standard InChI is InChI=1S/C67H52N2O/c1-66(2)61-41-39-53(68(49-19-9-5-10-20-49)50-21-11-6-12-22-50)43-59(61)57-29-17-27-55(63(57)66)45-31-35-47(36-32-45)65(70)48-37-33-46(34-38-48)56-28-18-30-58-60-44-54(40-42-62(60)67(3,4)64(56)58)69(51-23-13-7-14-24-51)52-25-15-8-16-26-52/h5-44H,1-4H3. The Morgan fingerprint density at radius 3 is 0.943 bits per heavy atom. The van der Waals surface area contributed by atoms with Crippen LogP contribution >= 0.6 is 0 Å². The summed E-state index contributed by atoms with van der Waals surface area (Å²) in [5, 5.41) is 0. The van der Waals surface area contributed by atoms with Gasteiger partial charge in [0, 0.05) is 56.1 Å². The van der Waals surface area contributed by atoms with Crippen LogP contribution in [0, 0.1) is 0 Å². The summed E-state index contributed by atoms with van der Waals surface area (Å²) < 4.78 is 0. The monoisotopic (exact) mass is 900 g/mol. The smallest absolute Gasteiger partial charge is 0.193 e. The highest BCUT2D eigenvalue weighted by atomic mass is 16.1. The fraction of sp³-hybridized carbons (Fsp3) is 0.0896. The lowest BCUT2D eigenvalue weighted by Gasteiger charge is -2.27. The van der Waals surface area contributed by atoms with Crippen LogP contribution in [0.1, 0.15) is 65.9 Å². The number of ketones is 1. The molecule has 0 atom stereocenters. The number of para-hydroxylation sites is 4. The van der Waals surface area contributed by atoms with Gasteiger partial charge in [0.05, 0.1) is 0 Å². The summed E-state index contributed by atoms with van der Waals surface area (Å²) in [6.07, 6.45) is 0. The molecule has 3 nitrogen and oxygen atoms in total. The molecule has 0 heterocycles. The number of carbonyl (C=O) groups is 1. The Labute approximate surface area is 411 Å². The molecule has 10 aromatic carbocycles. The summed E-state index contributed by atoms with van der Waals surface area (Å²) in [6.45, 7) is 9.34. The molecule has 0 N–H and O–H groups in total. The number of fused-ring (bicyclic) bond motifs is 6. The Hall–Kier alpha value is -8.53. The first-order chi connectivity index (χ1) is 34.2. The average molecular weight is 901 g/mol. The van der Waals surface area contributed by atoms with Gasteiger partial charge in [-0.25, -0.2) is 0 Å². The highest BCUT2D eigenvalue weighted by Gasteiger charge is 2.39. The number of carbonyl (C=O) groups excluding carboxylic acids is 1. The molecule has 0 aromatic heterocycles. The fourth-order valence-corrected chi connectivity index (χ4v) is 11.5. The molecule has 336 valence electrons. The minimum atomic E-state index is -0.230. The number of benzene rings is 10. The summed E-state index contributed by atoms with van der Waals surface area (Å²) in [6, 6.07) is 85.9. The number of nitrogens with zero attached hydrogens (tertiary/aromatic N) is 2. The zero-order chi connectivity index (χ0) is 47.6. The van der Waals surface area contributed by atoms with Gasteiger partial charge in [-0.2, -0.15) is 0 Å². The van der Waals surface area contributed by atoms with Gasteiger partial charge in [-0.3, -0.25) is 4.79 Å². The van der Waals surface area contributed by atoms with Crippen molar-refractivity contribution >= 4 is 39.9 Å². The molecule has 10 aromatic rings. The summed E-state index contributed by atoms with van der Waals surface area (Å²) in [5.41, 5.74) is 22.4. The van der Waals surface area contributed by atoms with Crippen LogP contribution in [-0.4, -0.2) is 5.78 Å². The molecule has 0 unspecified atom stereocenters. The van der Waals surface area contributed by atoms with E-state index in [1.165, 1.54) is 55.6 Å². The molecule has 0 saturated carbocycles. The van der Waals surface area contributed by atoms with E-state index in [-0.39, 0.29) is 16.6 Å². The second-order valence-corrected chi connectivity index (χ2v) is 19.7. The van der Waals surface area contributed by atoms with Crippen LogP contribution in [0.15, 0.2) is 243 Å². The van der Waals surface area contributed by atoms with E-state index < -0.39 is 0 Å². The van der Waals surface area contributed by atoms with Crippen molar-refractivity contribution in [2.45, 2.75) is 38.5 Å². The highest BCUT2D eigenvalue weighted by Crippen LogP contribution is 2.55. The Balaban J connectivity index is 0.825. The third kappa shape index (κ3) is 7.08. The summed E-state index contributed by atoms with van der Waals surface area (Å²) >= 11 is 0. The second-order valence-electron chi connectivity index (χ2n) is 19.7. The Bertz CT molecular complexity index is 3260. The van der Waals surface area contributed by atoms with Crippen LogP contribution in [0.4, 0.5) is 34.1 Å². The lowest BCUT2D eigenvalue weighted by atomic mass is 9.78. The lowest BCUT2D eigenvalue weighted by Crippen LogP contribution is -2.16. The van der Waals surface area contributed by atoms with Crippen molar-refractivity contribution in [3.63, 3.8) is 0 Å². The molecule has 0 saturated heterocycles. The topological polar surface area (TPSA) is 23.6 Å². The molecule has 0 radical (unpaired) electrons. The van der Waals surface area contributed by atoms with Gasteiger partial charge in [0.15, 0.2) is 5.78 Å². The molecule has 0 bridgehead atoms. The third-order valence-corrected chi connectivity index (χ3v) is 14.8. The fourth-order valence-electron chi connectivity index (χ4n) is 11.5. The summed E-state index contributed by atoms with van der Waals surface area (Å²) in [5.74, 6) is 0.0120. The zero-order valence-corrected chi connectivity index (χ0v) is 39.9. The molecular formula is C67H52N2O. The first kappa shape index (κ1) is 42.8. The maximum absolute atomic E-state index is 14.2. The number of rotatable bonds is 10. The van der Waals surface area contributed by atoms with Crippen molar-refractivity contribution < 1.29 is 4.79 Å². The minimum Gasteiger partial charge on any atom is -0.310 e. The first-order valence-corrected chi connectivity index (χ1v) is 24.3. The lowest BCUT2D eigenvalue weighted by molar-refractivity contribution is 0.103. The largest absolute Gasteiger partial charge is 0.310 e. The Morgan fingerprint density at radius 2 is 0.614 bits per heavy atom. The van der Waals surface area contributed by atoms with E-state index in [0.29, 0.717) is 11.1 Å². The molecule has 2 aliphatic carbocycles. The van der Waals surface area contributed by atoms with Crippen LogP contribution in [-0.2, 0) is 10.8 Å². The predicted molar refractivity (Wildman–Crippen MR) is 292 cm³/mol. The van der Waals surface area contributed by atoms with Crippen LogP contribution in [0.3, 0.4) is 0 Å². The van der Waals surface area contributed by atoms with E-state index >= 15 is 0 Å². The number of hydrogen-bond acceptors (Lipinski definition) is 3. The van der Waals surface area contributed by atoms with E-state index in [1.807, 2.05) is 24.3 Å². The third-order valence-electron chi connectivity index (χ3n) is 14.8. The molecule has 0 amide bonds. The SMILES string of the molecule is CC1(C)c2ccc(N(c3ccccc3)c3ccccc3)cc2-c2cccc(-c3ccc(C(=O)c4ccc(-c5cccc6c5C(C)(C)c5ccc(N(c7ccccc7)c7ccccc7)cc5-6)cc4)cc3)c21. The van der Waals surface area contributed by atoms with E-state index in [9.17, 15) is 4.79 Å². The van der Waals surface area contributed by atoms with Crippen molar-refractivity contribution in [3.05, 3.63) is 276 Å². The van der Waals surface area contributed by atoms with Gasteiger partial charge in [-0.1, -0.05) is 198 Å². The molecule has 12 rings (SSSR count). The van der Waals surface area contributed by atoms with Gasteiger partial charge in [-0.15, -0.1) is 0 Å². The second kappa shape index (κ2) is 16.9. The molecule has 70 heavy (non-hydrogen) atoms. The Kier molecular flexibility index (Phi) is 10.3. The zero-order valence-electron chi connectivity index (χ0n) is 39.9. The average Bonchev–Trinajstić information content (AvgIpc) is 3.79. The van der Waals surface area contributed by atoms with Crippen LogP contribution in [0.25, 0.3) is 44.5 Å². The number of hydrogen-bond donors (Lipinski definition) is 0. The maximum atomic E-state index is 14.2. The predicted octanol–water partition coefficient (Wildman–Crippen LogP) is 17.8. The van der Waals surface area contributed by atoms with Crippen molar-refractivity contribution in [1.29, 1.82) is 0 Å². The van der Waals surface area contributed by atoms with Crippen LogP contribution < -0.4 is 9.80 Å². The van der Waals surface area contributed by atoms with Gasteiger partial charge in [-0.05, 0) is 140 Å². The van der Waals surface area contributed by atoms with E-state index in [2.05, 4.69) is 256 Å². The summed E-state index contributed by atoms with van der Waals surface area (Å²) in [7, 11) is 0. The minimum absolute atomic E-state index is 0.0120. The van der Waals surface area contributed by atoms with Gasteiger partial charge in [0.2, 0.25) is 0 Å². The van der Waals surface area contributed by atoms with E-state index in [4.69, 9.17) is 0 Å². The Morgan fingerprint density at radius 1 is 0.300 bits per heavy atom. The normalized spacial score (nSPS) is 13.4. The molecule has 0 spiro atoms. The number of anilines is 6. The van der Waals surface area contributed by atoms with Crippen LogP contribution in [0.5, 0.6) is 0 Å². The van der Waals surface area contributed by atoms with Gasteiger partial charge in [0.25, 0.3) is 0 Å². The molecule has 3 heteroatoms. The van der Waals surface area contributed by atoms with Gasteiger partial charge in [0.1, 0.15) is 0 Å². The van der Waals surface area contributed by atoms with E-state index in [0.717, 1.165) is 45.3 Å². The highest BCUT2D eigenvalue weighted by molar-refractivity contribution is 6.09. The van der Waals surface area contributed by atoms with Crippen molar-refractivity contribution in [1.82, 2.24) is 0 Å². The van der Waals surface area contributed by atoms with Gasteiger partial charge >= 0.3 is 0 Å². The molecule has 0 aliphatic heterocycles. The van der Waals surface area contributed by atoms with Crippen molar-refractivity contribution in [3.8, 4) is 44.5 Å². The van der Waals surface area contributed by atoms with Crippen molar-refractivity contribution in [2.24, 2.45) is 0 Å². The van der Waals surface area contributed by atoms with Gasteiger partial charge < -0.3 is 9.80 Å². The molecular weight excluding hydrogens is 849 g/mol. The quantitative estimate of drug-likeness (QED) is 0.128. The molecule has 0 fully saturated rings. The molecule has 2 aliphatic rings. The van der Waals surface area contributed by atoms with Crippen molar-refractivity contribution in [2.75, 3.05) is 9.80 Å².